The van der Waals surface area contributed by atoms with E-state index in [4.69, 9.17) is 16.3 Å². The van der Waals surface area contributed by atoms with Crippen LogP contribution in [-0.4, -0.2) is 12.5 Å². The van der Waals surface area contributed by atoms with Crippen LogP contribution in [0.25, 0.3) is 0 Å². The molecule has 0 bridgehead atoms. The molecule has 0 aliphatic heterocycles. The van der Waals surface area contributed by atoms with Crippen LogP contribution in [0.15, 0.2) is 22.7 Å². The van der Waals surface area contributed by atoms with E-state index in [9.17, 15) is 0 Å². The molecule has 1 aromatic carbocycles. The zero-order chi connectivity index (χ0) is 12.1. The van der Waals surface area contributed by atoms with E-state index in [1.54, 1.807) is 7.11 Å². The molecule has 0 aliphatic carbocycles. The Morgan fingerprint density at radius 2 is 2.12 bits per heavy atom. The van der Waals surface area contributed by atoms with Gasteiger partial charge in [-0.25, -0.2) is 0 Å². The fourth-order valence-corrected chi connectivity index (χ4v) is 2.63. The fourth-order valence-electron chi connectivity index (χ4n) is 1.77. The van der Waals surface area contributed by atoms with Crippen LogP contribution in [0.5, 0.6) is 5.75 Å². The van der Waals surface area contributed by atoms with E-state index >= 15 is 0 Å². The molecule has 0 aromatic heterocycles. The average molecular weight is 306 g/mol. The Bertz CT molecular complexity index is 339. The highest BCUT2D eigenvalue weighted by Gasteiger charge is 2.14. The molecule has 0 saturated carbocycles. The van der Waals surface area contributed by atoms with Gasteiger partial charge in [-0.15, -0.1) is 11.6 Å². The highest BCUT2D eigenvalue weighted by molar-refractivity contribution is 9.10. The minimum absolute atomic E-state index is 0.214. The van der Waals surface area contributed by atoms with Crippen LogP contribution in [0.4, 0.5) is 0 Å². The van der Waals surface area contributed by atoms with Crippen LogP contribution < -0.4 is 4.74 Å². The van der Waals surface area contributed by atoms with E-state index in [1.807, 2.05) is 6.07 Å². The van der Waals surface area contributed by atoms with Gasteiger partial charge in [-0.2, -0.15) is 0 Å². The van der Waals surface area contributed by atoms with Crippen molar-refractivity contribution in [1.82, 2.24) is 0 Å². The van der Waals surface area contributed by atoms with Crippen molar-refractivity contribution in [2.24, 2.45) is 5.92 Å². The van der Waals surface area contributed by atoms with Gasteiger partial charge in [0, 0.05) is 5.38 Å². The summed E-state index contributed by atoms with van der Waals surface area (Å²) in [6.07, 6.45) is 2.12. The topological polar surface area (TPSA) is 9.23 Å². The molecule has 2 atom stereocenters. The maximum absolute atomic E-state index is 6.16. The van der Waals surface area contributed by atoms with E-state index in [2.05, 4.69) is 41.9 Å². The SMILES string of the molecule is CCC(Cc1ccc(OC)c(Br)c1)C(C)Cl. The highest BCUT2D eigenvalue weighted by Crippen LogP contribution is 2.28. The van der Waals surface area contributed by atoms with E-state index in [-0.39, 0.29) is 5.38 Å². The molecule has 0 radical (unpaired) electrons. The second-order valence-electron chi connectivity index (χ2n) is 4.02. The molecule has 1 nitrogen and oxygen atoms in total. The predicted molar refractivity (Wildman–Crippen MR) is 73.5 cm³/mol. The van der Waals surface area contributed by atoms with Gasteiger partial charge in [-0.3, -0.25) is 0 Å². The fraction of sp³-hybridized carbons (Fsp3) is 0.538. The molecule has 0 fully saturated rings. The van der Waals surface area contributed by atoms with Crippen molar-refractivity contribution in [2.45, 2.75) is 32.1 Å². The van der Waals surface area contributed by atoms with Crippen LogP contribution in [0, 0.1) is 5.92 Å². The van der Waals surface area contributed by atoms with Crippen molar-refractivity contribution in [2.75, 3.05) is 7.11 Å². The minimum Gasteiger partial charge on any atom is -0.496 e. The van der Waals surface area contributed by atoms with Gasteiger partial charge in [-0.05, 0) is 52.9 Å². The molecular weight excluding hydrogens is 287 g/mol. The Balaban J connectivity index is 2.78. The molecule has 0 aliphatic rings. The Labute approximate surface area is 111 Å². The number of methoxy groups -OCH3 is 1. The molecule has 90 valence electrons. The summed E-state index contributed by atoms with van der Waals surface area (Å²) in [4.78, 5) is 0. The Morgan fingerprint density at radius 1 is 1.44 bits per heavy atom. The molecule has 1 aromatic rings. The summed E-state index contributed by atoms with van der Waals surface area (Å²) >= 11 is 9.65. The second-order valence-corrected chi connectivity index (χ2v) is 5.56. The molecule has 0 amide bonds. The van der Waals surface area contributed by atoms with Gasteiger partial charge in [0.25, 0.3) is 0 Å². The van der Waals surface area contributed by atoms with Crippen molar-refractivity contribution in [3.63, 3.8) is 0 Å². The maximum Gasteiger partial charge on any atom is 0.133 e. The third-order valence-corrected chi connectivity index (χ3v) is 3.86. The first kappa shape index (κ1) is 13.9. The van der Waals surface area contributed by atoms with Crippen LogP contribution >= 0.6 is 27.5 Å². The van der Waals surface area contributed by atoms with E-state index in [0.717, 1.165) is 23.1 Å². The third kappa shape index (κ3) is 3.67. The maximum atomic E-state index is 6.16. The third-order valence-electron chi connectivity index (χ3n) is 2.89. The van der Waals surface area contributed by atoms with Gasteiger partial charge < -0.3 is 4.74 Å². The predicted octanol–water partition coefficient (Wildman–Crippen LogP) is 4.65. The summed E-state index contributed by atoms with van der Waals surface area (Å²) < 4.78 is 6.21. The molecule has 1 rings (SSSR count). The van der Waals surface area contributed by atoms with Crippen molar-refractivity contribution in [1.29, 1.82) is 0 Å². The zero-order valence-corrected chi connectivity index (χ0v) is 12.3. The van der Waals surface area contributed by atoms with Crippen LogP contribution in [0.3, 0.4) is 0 Å². The summed E-state index contributed by atoms with van der Waals surface area (Å²) in [6.45, 7) is 4.25. The van der Waals surface area contributed by atoms with Gasteiger partial charge in [0.1, 0.15) is 5.75 Å². The molecular formula is C13H18BrClO. The number of ether oxygens (including phenoxy) is 1. The number of rotatable bonds is 5. The second kappa shape index (κ2) is 6.51. The number of hydrogen-bond donors (Lipinski definition) is 0. The van der Waals surface area contributed by atoms with E-state index in [1.165, 1.54) is 5.56 Å². The Morgan fingerprint density at radius 3 is 2.56 bits per heavy atom. The van der Waals surface area contributed by atoms with Crippen molar-refractivity contribution >= 4 is 27.5 Å². The summed E-state index contributed by atoms with van der Waals surface area (Å²) in [5, 5.41) is 0.214. The normalized spacial score (nSPS) is 14.6. The van der Waals surface area contributed by atoms with Crippen LogP contribution in [-0.2, 0) is 6.42 Å². The Kier molecular flexibility index (Phi) is 5.63. The first-order valence-corrected chi connectivity index (χ1v) is 6.77. The lowest BCUT2D eigenvalue weighted by Crippen LogP contribution is -2.13. The number of halogens is 2. The highest BCUT2D eigenvalue weighted by atomic mass is 79.9. The number of alkyl halides is 1. The number of hydrogen-bond acceptors (Lipinski definition) is 1. The van der Waals surface area contributed by atoms with Crippen molar-refractivity contribution in [3.05, 3.63) is 28.2 Å². The van der Waals surface area contributed by atoms with Crippen molar-refractivity contribution < 1.29 is 4.74 Å². The van der Waals surface area contributed by atoms with Crippen LogP contribution in [0.1, 0.15) is 25.8 Å². The molecule has 16 heavy (non-hydrogen) atoms. The summed E-state index contributed by atoms with van der Waals surface area (Å²) in [6, 6.07) is 6.21. The molecule has 0 spiro atoms. The van der Waals surface area contributed by atoms with E-state index in [0.29, 0.717) is 5.92 Å². The van der Waals surface area contributed by atoms with E-state index < -0.39 is 0 Å². The first-order valence-electron chi connectivity index (χ1n) is 5.55. The average Bonchev–Trinajstić information content (AvgIpc) is 2.25. The van der Waals surface area contributed by atoms with Gasteiger partial charge in [0.05, 0.1) is 11.6 Å². The van der Waals surface area contributed by atoms with Gasteiger partial charge >= 0.3 is 0 Å². The number of benzene rings is 1. The quantitative estimate of drug-likeness (QED) is 0.719. The monoisotopic (exact) mass is 304 g/mol. The standard InChI is InChI=1S/C13H18BrClO/c1-4-11(9(2)15)7-10-5-6-13(16-3)12(14)8-10/h5-6,8-9,11H,4,7H2,1-3H3. The largest absolute Gasteiger partial charge is 0.496 e. The van der Waals surface area contributed by atoms with Gasteiger partial charge in [-0.1, -0.05) is 19.4 Å². The summed E-state index contributed by atoms with van der Waals surface area (Å²) in [5.74, 6) is 1.40. The lowest BCUT2D eigenvalue weighted by molar-refractivity contribution is 0.411. The molecule has 0 heterocycles. The lowest BCUT2D eigenvalue weighted by Gasteiger charge is -2.17. The minimum atomic E-state index is 0.214. The molecule has 2 unspecified atom stereocenters. The molecule has 0 N–H and O–H groups in total. The van der Waals surface area contributed by atoms with Gasteiger partial charge in [0.2, 0.25) is 0 Å². The zero-order valence-electron chi connectivity index (χ0n) is 9.97. The lowest BCUT2D eigenvalue weighted by atomic mass is 9.94. The van der Waals surface area contributed by atoms with Crippen molar-refractivity contribution in [3.8, 4) is 5.75 Å². The smallest absolute Gasteiger partial charge is 0.133 e. The Hall–Kier alpha value is -0.210. The van der Waals surface area contributed by atoms with Crippen LogP contribution in [0.2, 0.25) is 0 Å². The molecule has 3 heteroatoms. The van der Waals surface area contributed by atoms with Gasteiger partial charge in [0.15, 0.2) is 0 Å². The summed E-state index contributed by atoms with van der Waals surface area (Å²) in [7, 11) is 1.68. The molecule has 0 saturated heterocycles. The summed E-state index contributed by atoms with van der Waals surface area (Å²) in [5.41, 5.74) is 1.30. The first-order chi connectivity index (χ1) is 7.58.